The third-order valence-corrected chi connectivity index (χ3v) is 3.08. The van der Waals surface area contributed by atoms with Crippen LogP contribution in [0.3, 0.4) is 0 Å². The molecule has 4 heteroatoms. The van der Waals surface area contributed by atoms with E-state index in [-0.39, 0.29) is 0 Å². The van der Waals surface area contributed by atoms with E-state index in [2.05, 4.69) is 5.32 Å². The van der Waals surface area contributed by atoms with E-state index in [9.17, 15) is 4.79 Å². The van der Waals surface area contributed by atoms with Gasteiger partial charge in [-0.15, -0.1) is 0 Å². The van der Waals surface area contributed by atoms with Gasteiger partial charge in [0.2, 0.25) is 5.91 Å². The molecule has 0 fully saturated rings. The number of hydrogen-bond acceptors (Lipinski definition) is 3. The summed E-state index contributed by atoms with van der Waals surface area (Å²) in [5, 5.41) is 3.28. The van der Waals surface area contributed by atoms with E-state index in [1.807, 2.05) is 43.3 Å². The normalized spacial score (nSPS) is 10.3. The highest BCUT2D eigenvalue weighted by Crippen LogP contribution is 2.11. The maximum Gasteiger partial charge on any atom is 0.248 e. The van der Waals surface area contributed by atoms with Gasteiger partial charge in [0.25, 0.3) is 0 Å². The molecule has 0 aliphatic heterocycles. The zero-order valence-corrected chi connectivity index (χ0v) is 12.1. The lowest BCUT2D eigenvalue weighted by Crippen LogP contribution is -2.21. The number of nitrogens with two attached hydrogens (primary N) is 1. The summed E-state index contributed by atoms with van der Waals surface area (Å²) in [4.78, 5) is 11.1. The number of ether oxygens (including phenoxy) is 1. The summed E-state index contributed by atoms with van der Waals surface area (Å²) in [6.07, 6.45) is 0. The van der Waals surface area contributed by atoms with Crippen molar-refractivity contribution in [3.8, 4) is 5.75 Å². The number of nitrogens with one attached hydrogen (secondary N) is 1. The molecule has 2 aromatic carbocycles. The molecule has 4 nitrogen and oxygen atoms in total. The number of benzene rings is 2. The van der Waals surface area contributed by atoms with Crippen molar-refractivity contribution in [3.05, 3.63) is 65.2 Å². The topological polar surface area (TPSA) is 64.3 Å². The van der Waals surface area contributed by atoms with Gasteiger partial charge in [-0.3, -0.25) is 4.79 Å². The van der Waals surface area contributed by atoms with Gasteiger partial charge in [-0.05, 0) is 42.3 Å². The fourth-order valence-electron chi connectivity index (χ4n) is 2.01. The van der Waals surface area contributed by atoms with Gasteiger partial charge in [-0.25, -0.2) is 0 Å². The molecule has 3 N–H and O–H groups in total. The fraction of sp³-hybridized carbons (Fsp3) is 0.235. The van der Waals surface area contributed by atoms with Crippen molar-refractivity contribution < 1.29 is 9.53 Å². The minimum absolute atomic E-state index is 0.403. The number of aryl methyl sites for hydroxylation is 1. The van der Waals surface area contributed by atoms with Crippen molar-refractivity contribution in [1.29, 1.82) is 0 Å². The highest BCUT2D eigenvalue weighted by Gasteiger charge is 2.01. The second kappa shape index (κ2) is 7.45. The van der Waals surface area contributed by atoms with Crippen LogP contribution in [0.5, 0.6) is 5.75 Å². The monoisotopic (exact) mass is 284 g/mol. The number of primary amides is 1. The average Bonchev–Trinajstić information content (AvgIpc) is 2.47. The largest absolute Gasteiger partial charge is 0.492 e. The SMILES string of the molecule is Cc1cccc(OCCNCc2cccc(C(N)=O)c2)c1. The van der Waals surface area contributed by atoms with Crippen molar-refractivity contribution in [2.24, 2.45) is 5.73 Å². The lowest BCUT2D eigenvalue weighted by atomic mass is 10.1. The maximum atomic E-state index is 11.1. The van der Waals surface area contributed by atoms with Gasteiger partial charge in [0.15, 0.2) is 0 Å². The molecule has 110 valence electrons. The van der Waals surface area contributed by atoms with Crippen molar-refractivity contribution >= 4 is 5.91 Å². The number of rotatable bonds is 7. The van der Waals surface area contributed by atoms with Gasteiger partial charge < -0.3 is 15.8 Å². The molecule has 0 radical (unpaired) electrons. The summed E-state index contributed by atoms with van der Waals surface area (Å²) >= 11 is 0. The van der Waals surface area contributed by atoms with Crippen LogP contribution in [0.4, 0.5) is 0 Å². The first-order valence-electron chi connectivity index (χ1n) is 6.94. The molecular weight excluding hydrogens is 264 g/mol. The molecule has 1 amide bonds. The fourth-order valence-corrected chi connectivity index (χ4v) is 2.01. The molecule has 0 aliphatic carbocycles. The summed E-state index contributed by atoms with van der Waals surface area (Å²) in [7, 11) is 0. The Balaban J connectivity index is 1.72. The maximum absolute atomic E-state index is 11.1. The molecular formula is C17H20N2O2. The second-order valence-corrected chi connectivity index (χ2v) is 4.91. The average molecular weight is 284 g/mol. The quantitative estimate of drug-likeness (QED) is 0.767. The first kappa shape index (κ1) is 15.1. The molecule has 0 saturated heterocycles. The van der Waals surface area contributed by atoms with Crippen molar-refractivity contribution in [3.63, 3.8) is 0 Å². The van der Waals surface area contributed by atoms with E-state index in [1.165, 1.54) is 5.56 Å². The Morgan fingerprint density at radius 1 is 1.19 bits per heavy atom. The summed E-state index contributed by atoms with van der Waals surface area (Å²) in [5.74, 6) is 0.479. The van der Waals surface area contributed by atoms with Crippen LogP contribution in [0.15, 0.2) is 48.5 Å². The van der Waals surface area contributed by atoms with Crippen molar-refractivity contribution in [2.75, 3.05) is 13.2 Å². The van der Waals surface area contributed by atoms with Crippen LogP contribution in [-0.4, -0.2) is 19.1 Å². The molecule has 21 heavy (non-hydrogen) atoms. The van der Waals surface area contributed by atoms with Crippen LogP contribution in [0.1, 0.15) is 21.5 Å². The highest BCUT2D eigenvalue weighted by atomic mass is 16.5. The lowest BCUT2D eigenvalue weighted by Gasteiger charge is -2.08. The second-order valence-electron chi connectivity index (χ2n) is 4.91. The van der Waals surface area contributed by atoms with E-state index in [0.717, 1.165) is 17.9 Å². The first-order chi connectivity index (χ1) is 10.1. The molecule has 0 aromatic heterocycles. The Kier molecular flexibility index (Phi) is 5.35. The van der Waals surface area contributed by atoms with Crippen LogP contribution >= 0.6 is 0 Å². The van der Waals surface area contributed by atoms with E-state index < -0.39 is 5.91 Å². The van der Waals surface area contributed by atoms with Gasteiger partial charge in [0.05, 0.1) is 0 Å². The number of amides is 1. The minimum Gasteiger partial charge on any atom is -0.492 e. The van der Waals surface area contributed by atoms with E-state index in [1.54, 1.807) is 12.1 Å². The zero-order chi connectivity index (χ0) is 15.1. The first-order valence-corrected chi connectivity index (χ1v) is 6.94. The Morgan fingerprint density at radius 3 is 2.76 bits per heavy atom. The predicted molar refractivity (Wildman–Crippen MR) is 83.3 cm³/mol. The Morgan fingerprint density at radius 2 is 2.00 bits per heavy atom. The van der Waals surface area contributed by atoms with Gasteiger partial charge in [0.1, 0.15) is 12.4 Å². The highest BCUT2D eigenvalue weighted by molar-refractivity contribution is 5.92. The van der Waals surface area contributed by atoms with Crippen LogP contribution in [0.25, 0.3) is 0 Å². The summed E-state index contributed by atoms with van der Waals surface area (Å²) in [6.45, 7) is 4.04. The van der Waals surface area contributed by atoms with Crippen LogP contribution in [-0.2, 0) is 6.54 Å². The molecule has 2 rings (SSSR count). The number of carbonyl (C=O) groups is 1. The molecule has 2 aromatic rings. The third-order valence-electron chi connectivity index (χ3n) is 3.08. The summed E-state index contributed by atoms with van der Waals surface area (Å²) < 4.78 is 5.65. The van der Waals surface area contributed by atoms with E-state index in [0.29, 0.717) is 18.7 Å². The van der Waals surface area contributed by atoms with Gasteiger partial charge in [-0.1, -0.05) is 24.3 Å². The standard InChI is InChI=1S/C17H20N2O2/c1-13-4-2-7-16(10-13)21-9-8-19-12-14-5-3-6-15(11-14)17(18)20/h2-7,10-11,19H,8-9,12H2,1H3,(H2,18,20). The summed E-state index contributed by atoms with van der Waals surface area (Å²) in [5.41, 5.74) is 8.00. The van der Waals surface area contributed by atoms with Gasteiger partial charge in [-0.2, -0.15) is 0 Å². The zero-order valence-electron chi connectivity index (χ0n) is 12.1. The number of hydrogen-bond donors (Lipinski definition) is 2. The lowest BCUT2D eigenvalue weighted by molar-refractivity contribution is 0.1000. The molecule has 0 unspecified atom stereocenters. The van der Waals surface area contributed by atoms with Crippen LogP contribution < -0.4 is 15.8 Å². The van der Waals surface area contributed by atoms with Crippen LogP contribution in [0, 0.1) is 6.92 Å². The van der Waals surface area contributed by atoms with Crippen molar-refractivity contribution in [2.45, 2.75) is 13.5 Å². The molecule has 0 saturated carbocycles. The van der Waals surface area contributed by atoms with E-state index >= 15 is 0 Å². The summed E-state index contributed by atoms with van der Waals surface area (Å²) in [6, 6.07) is 15.3. The van der Waals surface area contributed by atoms with Crippen molar-refractivity contribution in [1.82, 2.24) is 5.32 Å². The van der Waals surface area contributed by atoms with Gasteiger partial charge in [0, 0.05) is 18.7 Å². The molecule has 0 heterocycles. The Bertz CT molecular complexity index is 611. The number of carbonyl (C=O) groups excluding carboxylic acids is 1. The Labute approximate surface area is 124 Å². The molecule has 0 atom stereocenters. The smallest absolute Gasteiger partial charge is 0.248 e. The third kappa shape index (κ3) is 4.93. The molecule has 0 bridgehead atoms. The van der Waals surface area contributed by atoms with Gasteiger partial charge >= 0.3 is 0 Å². The van der Waals surface area contributed by atoms with Crippen LogP contribution in [0.2, 0.25) is 0 Å². The van der Waals surface area contributed by atoms with E-state index in [4.69, 9.17) is 10.5 Å². The minimum atomic E-state index is -0.403. The molecule has 0 spiro atoms. The molecule has 0 aliphatic rings. The Hall–Kier alpha value is -2.33. The predicted octanol–water partition coefficient (Wildman–Crippen LogP) is 2.26.